The molecule has 0 bridgehead atoms. The Hall–Kier alpha value is -0.610. The molecule has 7 unspecified atom stereocenters. The highest BCUT2D eigenvalue weighted by molar-refractivity contribution is 7.80. The first-order chi connectivity index (χ1) is 23.8. The van der Waals surface area contributed by atoms with Gasteiger partial charge in [-0.3, -0.25) is 0 Å². The summed E-state index contributed by atoms with van der Waals surface area (Å²) in [5, 5.41) is 58.6. The summed E-state index contributed by atoms with van der Waals surface area (Å²) in [6.07, 6.45) is 32.6. The maximum atomic E-state index is 10.9. The number of aliphatic hydroxyl groups excluding tert-OH is 5. The number of thiocarbonyl (C=S) groups is 1. The van der Waals surface area contributed by atoms with E-state index in [9.17, 15) is 25.5 Å². The molecule has 0 aromatic carbocycles. The van der Waals surface area contributed by atoms with Crippen molar-refractivity contribution in [1.29, 1.82) is 0 Å². The Kier molecular flexibility index (Phi) is 30.4. The topological polar surface area (TPSA) is 125 Å². The summed E-state index contributed by atoms with van der Waals surface area (Å²) in [6, 6.07) is -0.923. The van der Waals surface area contributed by atoms with Crippen LogP contribution in [0.25, 0.3) is 0 Å². The third kappa shape index (κ3) is 25.1. The van der Waals surface area contributed by atoms with E-state index in [-0.39, 0.29) is 6.42 Å². The summed E-state index contributed by atoms with van der Waals surface area (Å²) in [6.45, 7) is 4.47. The van der Waals surface area contributed by atoms with Gasteiger partial charge in [0.1, 0.15) is 6.10 Å². The van der Waals surface area contributed by atoms with Crippen molar-refractivity contribution in [2.45, 2.75) is 236 Å². The minimum Gasteiger partial charge on any atom is -0.393 e. The van der Waals surface area contributed by atoms with Gasteiger partial charge in [0.2, 0.25) is 0 Å². The van der Waals surface area contributed by atoms with Gasteiger partial charge in [-0.05, 0) is 32.1 Å². The van der Waals surface area contributed by atoms with Crippen molar-refractivity contribution in [3.05, 3.63) is 12.2 Å². The van der Waals surface area contributed by atoms with Gasteiger partial charge in [0, 0.05) is 19.0 Å². The molecule has 0 saturated carbocycles. The van der Waals surface area contributed by atoms with Crippen LogP contribution in [0.15, 0.2) is 12.2 Å². The third-order valence-corrected chi connectivity index (χ3v) is 10.8. The van der Waals surface area contributed by atoms with Crippen LogP contribution < -0.4 is 10.6 Å². The van der Waals surface area contributed by atoms with E-state index >= 15 is 0 Å². The van der Waals surface area contributed by atoms with E-state index in [1.54, 1.807) is 0 Å². The molecule has 0 aromatic heterocycles. The lowest BCUT2D eigenvalue weighted by Crippen LogP contribution is -2.56. The highest BCUT2D eigenvalue weighted by atomic mass is 32.1. The molecular formula is C41H80N2O5S. The number of hydrogen-bond donors (Lipinski definition) is 7. The van der Waals surface area contributed by atoms with Crippen molar-refractivity contribution in [3.63, 3.8) is 0 Å². The van der Waals surface area contributed by atoms with E-state index in [0.29, 0.717) is 30.8 Å². The van der Waals surface area contributed by atoms with Gasteiger partial charge in [0.15, 0.2) is 0 Å². The van der Waals surface area contributed by atoms with Crippen LogP contribution in [0.5, 0.6) is 0 Å². The largest absolute Gasteiger partial charge is 0.393 e. The van der Waals surface area contributed by atoms with Crippen molar-refractivity contribution in [2.24, 2.45) is 0 Å². The molecule has 7 N–H and O–H groups in total. The Morgan fingerprint density at radius 3 is 1.51 bits per heavy atom. The molecule has 0 spiro atoms. The zero-order valence-corrected chi connectivity index (χ0v) is 32.7. The minimum atomic E-state index is -1.25. The molecule has 0 aromatic rings. The van der Waals surface area contributed by atoms with Crippen molar-refractivity contribution in [2.75, 3.05) is 6.54 Å². The fourth-order valence-electron chi connectivity index (χ4n) is 6.95. The molecule has 1 aliphatic rings. The van der Waals surface area contributed by atoms with Crippen LogP contribution in [0, 0.1) is 0 Å². The lowest BCUT2D eigenvalue weighted by Gasteiger charge is -2.33. The van der Waals surface area contributed by atoms with Crippen molar-refractivity contribution in [1.82, 2.24) is 10.6 Å². The van der Waals surface area contributed by atoms with Gasteiger partial charge >= 0.3 is 0 Å². The fourth-order valence-corrected chi connectivity index (χ4v) is 7.24. The summed E-state index contributed by atoms with van der Waals surface area (Å²) in [4.78, 5) is 0.703. The maximum absolute atomic E-state index is 10.9. The standard InChI is InChI=1S/C41H80N2O5S/c1-3-5-6-7-8-9-10-11-12-13-14-15-16-17-18-19-20-21-22-23-24-25-26-31-39(49)43-36(38(46)32-34(44)4-2)33-42-35-29-27-28-30-37(45)41(48)40(35)47/h27-28,34-38,40-42,44-48H,3-26,29-33H2,1-2H3,(H,43,49)/b28-27-. The molecule has 1 rings (SSSR count). The Labute approximate surface area is 307 Å². The van der Waals surface area contributed by atoms with E-state index in [0.717, 1.165) is 19.3 Å². The molecule has 0 heterocycles. The molecule has 1 aliphatic carbocycles. The lowest BCUT2D eigenvalue weighted by molar-refractivity contribution is -0.0722. The highest BCUT2D eigenvalue weighted by Crippen LogP contribution is 2.18. The summed E-state index contributed by atoms with van der Waals surface area (Å²) < 4.78 is 0. The molecule has 290 valence electrons. The zero-order valence-electron chi connectivity index (χ0n) is 31.8. The van der Waals surface area contributed by atoms with Gasteiger partial charge in [-0.15, -0.1) is 0 Å². The normalized spacial score (nSPS) is 22.3. The van der Waals surface area contributed by atoms with Crippen LogP contribution in [-0.4, -0.2) is 79.7 Å². The maximum Gasteiger partial charge on any atom is 0.108 e. The molecule has 8 heteroatoms. The number of nitrogens with one attached hydrogen (secondary N) is 2. The van der Waals surface area contributed by atoms with E-state index < -0.39 is 42.6 Å². The second kappa shape index (κ2) is 32.1. The van der Waals surface area contributed by atoms with E-state index in [2.05, 4.69) is 17.6 Å². The van der Waals surface area contributed by atoms with Crippen LogP contribution in [0.2, 0.25) is 0 Å². The van der Waals surface area contributed by atoms with Crippen molar-refractivity contribution >= 4 is 17.2 Å². The van der Waals surface area contributed by atoms with Gasteiger partial charge in [-0.2, -0.15) is 0 Å². The molecule has 0 fully saturated rings. The Morgan fingerprint density at radius 1 is 0.633 bits per heavy atom. The second-order valence-corrected chi connectivity index (χ2v) is 15.6. The molecule has 0 amide bonds. The van der Waals surface area contributed by atoms with Gasteiger partial charge < -0.3 is 36.2 Å². The molecule has 7 nitrogen and oxygen atoms in total. The van der Waals surface area contributed by atoms with Gasteiger partial charge in [-0.1, -0.05) is 179 Å². The quantitative estimate of drug-likeness (QED) is 0.0210. The average molecular weight is 713 g/mol. The molecule has 0 aliphatic heterocycles. The number of aliphatic hydroxyl groups is 5. The van der Waals surface area contributed by atoms with Crippen LogP contribution in [-0.2, 0) is 0 Å². The Morgan fingerprint density at radius 2 is 1.06 bits per heavy atom. The van der Waals surface area contributed by atoms with Gasteiger partial charge in [0.25, 0.3) is 0 Å². The van der Waals surface area contributed by atoms with Gasteiger partial charge in [-0.25, -0.2) is 0 Å². The predicted molar refractivity (Wildman–Crippen MR) is 211 cm³/mol. The second-order valence-electron chi connectivity index (χ2n) is 15.1. The highest BCUT2D eigenvalue weighted by Gasteiger charge is 2.32. The number of unbranched alkanes of at least 4 members (excludes halogenated alkanes) is 22. The summed E-state index contributed by atoms with van der Waals surface area (Å²) in [7, 11) is 0. The van der Waals surface area contributed by atoms with Crippen molar-refractivity contribution < 1.29 is 25.5 Å². The summed E-state index contributed by atoms with van der Waals surface area (Å²) in [5.41, 5.74) is 0. The average Bonchev–Trinajstić information content (AvgIpc) is 3.09. The Bertz CT molecular complexity index is 787. The summed E-state index contributed by atoms with van der Waals surface area (Å²) in [5.74, 6) is 0. The summed E-state index contributed by atoms with van der Waals surface area (Å²) >= 11 is 5.65. The van der Waals surface area contributed by atoms with E-state index in [1.807, 2.05) is 19.1 Å². The first kappa shape index (κ1) is 46.4. The van der Waals surface area contributed by atoms with Gasteiger partial charge in [0.05, 0.1) is 35.4 Å². The van der Waals surface area contributed by atoms with E-state index in [4.69, 9.17) is 12.2 Å². The lowest BCUT2D eigenvalue weighted by atomic mass is 9.93. The van der Waals surface area contributed by atoms with Crippen LogP contribution in [0.4, 0.5) is 0 Å². The fraction of sp³-hybridized carbons (Fsp3) is 0.927. The molecule has 49 heavy (non-hydrogen) atoms. The number of hydrogen-bond acceptors (Lipinski definition) is 7. The Balaban J connectivity index is 2.09. The monoisotopic (exact) mass is 713 g/mol. The SMILES string of the molecule is CCCCCCCCCCCCCCCCCCCCCCCCCC(=S)NC(CNC1C/C=C\CC(O)C(O)C1O)C(O)CC(O)CC. The van der Waals surface area contributed by atoms with Crippen LogP contribution >= 0.6 is 12.2 Å². The predicted octanol–water partition coefficient (Wildman–Crippen LogP) is 8.57. The number of rotatable bonds is 32. The smallest absolute Gasteiger partial charge is 0.108 e. The molecule has 0 saturated heterocycles. The minimum absolute atomic E-state index is 0.229. The van der Waals surface area contributed by atoms with Crippen LogP contribution in [0.1, 0.15) is 194 Å². The van der Waals surface area contributed by atoms with Crippen molar-refractivity contribution in [3.8, 4) is 0 Å². The first-order valence-electron chi connectivity index (χ1n) is 20.9. The molecule has 0 radical (unpaired) electrons. The first-order valence-corrected chi connectivity index (χ1v) is 21.3. The van der Waals surface area contributed by atoms with Crippen LogP contribution in [0.3, 0.4) is 0 Å². The molecular weight excluding hydrogens is 633 g/mol. The van der Waals surface area contributed by atoms with E-state index in [1.165, 1.54) is 135 Å². The third-order valence-electron chi connectivity index (χ3n) is 10.5. The molecule has 7 atom stereocenters. The zero-order chi connectivity index (χ0) is 36.0.